The highest BCUT2D eigenvalue weighted by molar-refractivity contribution is 5.96. The molecule has 0 spiro atoms. The zero-order chi connectivity index (χ0) is 16.2. The summed E-state index contributed by atoms with van der Waals surface area (Å²) in [6.45, 7) is 0.446. The molecule has 1 unspecified atom stereocenters. The molecule has 6 heteroatoms. The lowest BCUT2D eigenvalue weighted by atomic mass is 10.2. The molecule has 120 valence electrons. The van der Waals surface area contributed by atoms with Gasteiger partial charge in [0.15, 0.2) is 0 Å². The molecule has 23 heavy (non-hydrogen) atoms. The molecule has 6 nitrogen and oxygen atoms in total. The molecule has 1 fully saturated rings. The Bertz CT molecular complexity index is 732. The van der Waals surface area contributed by atoms with Crippen molar-refractivity contribution in [3.05, 3.63) is 36.5 Å². The minimum atomic E-state index is -0.993. The van der Waals surface area contributed by atoms with Crippen molar-refractivity contribution >= 4 is 28.4 Å². The van der Waals surface area contributed by atoms with Gasteiger partial charge in [0, 0.05) is 11.9 Å². The first-order chi connectivity index (χ1) is 11.1. The maximum absolute atomic E-state index is 12.2. The highest BCUT2D eigenvalue weighted by Crippen LogP contribution is 2.16. The first-order valence-corrected chi connectivity index (χ1v) is 7.75. The molecule has 0 aliphatic carbocycles. The fourth-order valence-corrected chi connectivity index (χ4v) is 2.76. The zero-order valence-electron chi connectivity index (χ0n) is 12.7. The number of carbonyl (C=O) groups is 2. The summed E-state index contributed by atoms with van der Waals surface area (Å²) in [7, 11) is 0. The fourth-order valence-electron chi connectivity index (χ4n) is 2.76. The van der Waals surface area contributed by atoms with Gasteiger partial charge in [0.05, 0.1) is 23.9 Å². The predicted molar refractivity (Wildman–Crippen MR) is 86.8 cm³/mol. The van der Waals surface area contributed by atoms with Crippen molar-refractivity contribution in [3.8, 4) is 0 Å². The Morgan fingerprint density at radius 3 is 3.04 bits per heavy atom. The van der Waals surface area contributed by atoms with Crippen molar-refractivity contribution in [1.29, 1.82) is 0 Å². The van der Waals surface area contributed by atoms with Gasteiger partial charge in [0.25, 0.3) is 5.91 Å². The number of anilines is 1. The molecule has 3 rings (SSSR count). The van der Waals surface area contributed by atoms with Gasteiger partial charge in [0.1, 0.15) is 6.10 Å². The van der Waals surface area contributed by atoms with Gasteiger partial charge in [0.2, 0.25) is 5.91 Å². The van der Waals surface area contributed by atoms with Gasteiger partial charge >= 0.3 is 0 Å². The molecule has 2 amide bonds. The van der Waals surface area contributed by atoms with Gasteiger partial charge in [-0.1, -0.05) is 18.2 Å². The Morgan fingerprint density at radius 2 is 2.17 bits per heavy atom. The SMILES string of the molecule is O=C(CN1CCCCC(O)C1=O)Nc1cnc2ccccc2c1. The first kappa shape index (κ1) is 15.4. The second-order valence-corrected chi connectivity index (χ2v) is 5.74. The fraction of sp³-hybridized carbons (Fsp3) is 0.353. The highest BCUT2D eigenvalue weighted by atomic mass is 16.3. The molecular formula is C17H19N3O3. The highest BCUT2D eigenvalue weighted by Gasteiger charge is 2.26. The van der Waals surface area contributed by atoms with Crippen molar-refractivity contribution in [1.82, 2.24) is 9.88 Å². The topological polar surface area (TPSA) is 82.5 Å². The summed E-state index contributed by atoms with van der Waals surface area (Å²) in [6.07, 6.45) is 2.66. The Morgan fingerprint density at radius 1 is 1.35 bits per heavy atom. The summed E-state index contributed by atoms with van der Waals surface area (Å²) < 4.78 is 0. The largest absolute Gasteiger partial charge is 0.383 e. The van der Waals surface area contributed by atoms with Crippen LogP contribution in [0.1, 0.15) is 19.3 Å². The monoisotopic (exact) mass is 313 g/mol. The van der Waals surface area contributed by atoms with E-state index in [9.17, 15) is 14.7 Å². The molecule has 2 heterocycles. The van der Waals surface area contributed by atoms with Crippen LogP contribution in [-0.2, 0) is 9.59 Å². The van der Waals surface area contributed by atoms with E-state index >= 15 is 0 Å². The van der Waals surface area contributed by atoms with Crippen LogP contribution in [-0.4, -0.2) is 46.0 Å². The van der Waals surface area contributed by atoms with Crippen molar-refractivity contribution in [2.45, 2.75) is 25.4 Å². The number of rotatable bonds is 3. The van der Waals surface area contributed by atoms with Gasteiger partial charge in [-0.3, -0.25) is 14.6 Å². The van der Waals surface area contributed by atoms with Gasteiger partial charge in [-0.25, -0.2) is 0 Å². The maximum Gasteiger partial charge on any atom is 0.251 e. The van der Waals surface area contributed by atoms with Gasteiger partial charge in [-0.15, -0.1) is 0 Å². The molecule has 0 saturated carbocycles. The molecule has 2 aromatic rings. The van der Waals surface area contributed by atoms with Crippen molar-refractivity contribution in [3.63, 3.8) is 0 Å². The number of para-hydroxylation sites is 1. The van der Waals surface area contributed by atoms with E-state index in [0.717, 1.165) is 23.7 Å². The minimum absolute atomic E-state index is 0.0529. The Hall–Kier alpha value is -2.47. The number of fused-ring (bicyclic) bond motifs is 1. The lowest BCUT2D eigenvalue weighted by Gasteiger charge is -2.21. The van der Waals surface area contributed by atoms with Crippen LogP contribution in [0.15, 0.2) is 36.5 Å². The van der Waals surface area contributed by atoms with Crippen LogP contribution < -0.4 is 5.32 Å². The van der Waals surface area contributed by atoms with Crippen LogP contribution in [0.2, 0.25) is 0 Å². The van der Waals surface area contributed by atoms with E-state index in [2.05, 4.69) is 10.3 Å². The number of aliphatic hydroxyl groups excluding tert-OH is 1. The van der Waals surface area contributed by atoms with E-state index in [4.69, 9.17) is 0 Å². The maximum atomic E-state index is 12.2. The van der Waals surface area contributed by atoms with Gasteiger partial charge < -0.3 is 15.3 Å². The number of aliphatic hydroxyl groups is 1. The van der Waals surface area contributed by atoms with E-state index in [0.29, 0.717) is 18.7 Å². The minimum Gasteiger partial charge on any atom is -0.383 e. The number of pyridine rings is 1. The Balaban J connectivity index is 1.66. The number of benzene rings is 1. The van der Waals surface area contributed by atoms with Gasteiger partial charge in [-0.2, -0.15) is 0 Å². The number of amides is 2. The lowest BCUT2D eigenvalue weighted by Crippen LogP contribution is -2.42. The van der Waals surface area contributed by atoms with Crippen LogP contribution in [0, 0.1) is 0 Å². The Kier molecular flexibility index (Phi) is 4.52. The standard InChI is InChI=1S/C17H19N3O3/c21-15-7-3-4-8-20(17(15)23)11-16(22)19-13-9-12-5-1-2-6-14(12)18-10-13/h1-2,5-6,9-10,15,21H,3-4,7-8,11H2,(H,19,22). The average molecular weight is 313 g/mol. The van der Waals surface area contributed by atoms with E-state index in [1.54, 1.807) is 6.20 Å². The Labute approximate surface area is 134 Å². The quantitative estimate of drug-likeness (QED) is 0.900. The number of hydrogen-bond donors (Lipinski definition) is 2. The third-order valence-corrected chi connectivity index (χ3v) is 3.96. The summed E-state index contributed by atoms with van der Waals surface area (Å²) in [5, 5.41) is 13.4. The normalized spacial score (nSPS) is 18.7. The number of nitrogens with zero attached hydrogens (tertiary/aromatic N) is 2. The molecular weight excluding hydrogens is 294 g/mol. The number of carbonyl (C=O) groups excluding carboxylic acids is 2. The average Bonchev–Trinajstić information content (AvgIpc) is 2.70. The zero-order valence-corrected chi connectivity index (χ0v) is 12.7. The number of nitrogens with one attached hydrogen (secondary N) is 1. The number of aromatic nitrogens is 1. The first-order valence-electron chi connectivity index (χ1n) is 7.75. The summed E-state index contributed by atoms with van der Waals surface area (Å²) in [6, 6.07) is 9.49. The van der Waals surface area contributed by atoms with Crippen molar-refractivity contribution < 1.29 is 14.7 Å². The molecule has 1 atom stereocenters. The van der Waals surface area contributed by atoms with E-state index in [1.807, 2.05) is 30.3 Å². The van der Waals surface area contributed by atoms with Crippen LogP contribution in [0.4, 0.5) is 5.69 Å². The molecule has 0 bridgehead atoms. The summed E-state index contributed by atoms with van der Waals surface area (Å²) in [4.78, 5) is 29.9. The molecule has 0 radical (unpaired) electrons. The summed E-state index contributed by atoms with van der Waals surface area (Å²) >= 11 is 0. The second kappa shape index (κ2) is 6.75. The van der Waals surface area contributed by atoms with E-state index in [1.165, 1.54) is 4.90 Å². The molecule has 1 aliphatic rings. The predicted octanol–water partition coefficient (Wildman–Crippen LogP) is 1.55. The summed E-state index contributed by atoms with van der Waals surface area (Å²) in [5.74, 6) is -0.654. The van der Waals surface area contributed by atoms with Crippen LogP contribution in [0.25, 0.3) is 10.9 Å². The third kappa shape index (κ3) is 3.65. The number of hydrogen-bond acceptors (Lipinski definition) is 4. The van der Waals surface area contributed by atoms with Crippen molar-refractivity contribution in [2.24, 2.45) is 0 Å². The summed E-state index contributed by atoms with van der Waals surface area (Å²) in [5.41, 5.74) is 1.45. The molecule has 1 aromatic heterocycles. The molecule has 1 aromatic carbocycles. The van der Waals surface area contributed by atoms with Crippen LogP contribution in [0.5, 0.6) is 0 Å². The van der Waals surface area contributed by atoms with E-state index < -0.39 is 6.10 Å². The van der Waals surface area contributed by atoms with Crippen molar-refractivity contribution in [2.75, 3.05) is 18.4 Å². The van der Waals surface area contributed by atoms with Crippen LogP contribution >= 0.6 is 0 Å². The lowest BCUT2D eigenvalue weighted by molar-refractivity contribution is -0.141. The number of likely N-dealkylation sites (tertiary alicyclic amines) is 1. The smallest absolute Gasteiger partial charge is 0.251 e. The second-order valence-electron chi connectivity index (χ2n) is 5.74. The molecule has 2 N–H and O–H groups in total. The van der Waals surface area contributed by atoms with E-state index in [-0.39, 0.29) is 18.4 Å². The molecule has 1 saturated heterocycles. The van der Waals surface area contributed by atoms with Gasteiger partial charge in [-0.05, 0) is 31.4 Å². The molecule has 1 aliphatic heterocycles. The third-order valence-electron chi connectivity index (χ3n) is 3.96. The van der Waals surface area contributed by atoms with Crippen LogP contribution in [0.3, 0.4) is 0 Å².